The van der Waals surface area contributed by atoms with Crippen molar-refractivity contribution in [2.24, 2.45) is 28.1 Å². The number of aliphatic hydroxyl groups is 2. The van der Waals surface area contributed by atoms with Crippen molar-refractivity contribution in [2.45, 2.75) is 58.8 Å². The molecule has 0 aromatic carbocycles. The SMILES string of the molecule is C=CC1(CO)C=C2CCC3C(C)(CO)CCCC3(C)C2CC1. The van der Waals surface area contributed by atoms with Crippen LogP contribution in [-0.4, -0.2) is 23.4 Å². The molecule has 3 aliphatic carbocycles. The fraction of sp³-hybridized carbons (Fsp3) is 0.800. The van der Waals surface area contributed by atoms with Crippen LogP contribution in [-0.2, 0) is 0 Å². The third-order valence-corrected chi connectivity index (χ3v) is 7.50. The average Bonchev–Trinajstić information content (AvgIpc) is 2.54. The number of hydrogen-bond acceptors (Lipinski definition) is 2. The van der Waals surface area contributed by atoms with Crippen molar-refractivity contribution >= 4 is 0 Å². The second-order valence-corrected chi connectivity index (χ2v) is 8.67. The third-order valence-electron chi connectivity index (χ3n) is 7.50. The first-order chi connectivity index (χ1) is 10.4. The first kappa shape index (κ1) is 16.3. The first-order valence-electron chi connectivity index (χ1n) is 9.00. The van der Waals surface area contributed by atoms with Crippen LogP contribution in [0.4, 0.5) is 0 Å². The predicted molar refractivity (Wildman–Crippen MR) is 90.4 cm³/mol. The van der Waals surface area contributed by atoms with E-state index in [1.165, 1.54) is 25.7 Å². The predicted octanol–water partition coefficient (Wildman–Crippen LogP) is 4.09. The fourth-order valence-corrected chi connectivity index (χ4v) is 6.10. The summed E-state index contributed by atoms with van der Waals surface area (Å²) in [4.78, 5) is 0. The monoisotopic (exact) mass is 304 g/mol. The average molecular weight is 304 g/mol. The molecule has 5 atom stereocenters. The third kappa shape index (κ3) is 2.22. The zero-order chi connectivity index (χ0) is 16.0. The van der Waals surface area contributed by atoms with E-state index in [9.17, 15) is 10.2 Å². The van der Waals surface area contributed by atoms with Gasteiger partial charge in [0.15, 0.2) is 0 Å². The van der Waals surface area contributed by atoms with Gasteiger partial charge in [-0.3, -0.25) is 0 Å². The summed E-state index contributed by atoms with van der Waals surface area (Å²) >= 11 is 0. The van der Waals surface area contributed by atoms with Crippen molar-refractivity contribution in [3.63, 3.8) is 0 Å². The van der Waals surface area contributed by atoms with Crippen molar-refractivity contribution in [2.75, 3.05) is 13.2 Å². The molecule has 0 heterocycles. The first-order valence-corrected chi connectivity index (χ1v) is 9.00. The Bertz CT molecular complexity index is 482. The largest absolute Gasteiger partial charge is 0.396 e. The number of hydrogen-bond donors (Lipinski definition) is 2. The molecule has 3 aliphatic rings. The number of fused-ring (bicyclic) bond motifs is 3. The van der Waals surface area contributed by atoms with Gasteiger partial charge in [0, 0.05) is 12.0 Å². The molecular formula is C20H32O2. The number of aliphatic hydroxyl groups excluding tert-OH is 2. The van der Waals surface area contributed by atoms with E-state index in [2.05, 4.69) is 26.5 Å². The van der Waals surface area contributed by atoms with E-state index < -0.39 is 0 Å². The smallest absolute Gasteiger partial charge is 0.0556 e. The summed E-state index contributed by atoms with van der Waals surface area (Å²) in [5, 5.41) is 19.8. The molecule has 5 unspecified atom stereocenters. The van der Waals surface area contributed by atoms with Gasteiger partial charge in [-0.25, -0.2) is 0 Å². The minimum atomic E-state index is -0.190. The Morgan fingerprint density at radius 3 is 2.59 bits per heavy atom. The minimum Gasteiger partial charge on any atom is -0.396 e. The molecule has 0 saturated heterocycles. The summed E-state index contributed by atoms with van der Waals surface area (Å²) < 4.78 is 0. The molecule has 0 radical (unpaired) electrons. The molecule has 0 aliphatic heterocycles. The Hall–Kier alpha value is -0.600. The van der Waals surface area contributed by atoms with Crippen LogP contribution in [0.15, 0.2) is 24.3 Å². The molecule has 124 valence electrons. The number of allylic oxidation sites excluding steroid dienone is 1. The van der Waals surface area contributed by atoms with Crippen LogP contribution in [0.1, 0.15) is 58.8 Å². The Labute approximate surface area is 135 Å². The normalized spacial score (nSPS) is 48.1. The van der Waals surface area contributed by atoms with Crippen molar-refractivity contribution < 1.29 is 10.2 Å². The van der Waals surface area contributed by atoms with E-state index in [1.54, 1.807) is 5.57 Å². The Morgan fingerprint density at radius 1 is 1.18 bits per heavy atom. The van der Waals surface area contributed by atoms with Crippen LogP contribution >= 0.6 is 0 Å². The Kier molecular flexibility index (Phi) is 4.06. The molecule has 2 heteroatoms. The van der Waals surface area contributed by atoms with E-state index >= 15 is 0 Å². The molecule has 0 aromatic heterocycles. The minimum absolute atomic E-state index is 0.0997. The molecule has 2 N–H and O–H groups in total. The fourth-order valence-electron chi connectivity index (χ4n) is 6.10. The highest BCUT2D eigenvalue weighted by atomic mass is 16.3. The van der Waals surface area contributed by atoms with Crippen LogP contribution in [0, 0.1) is 28.1 Å². The lowest BCUT2D eigenvalue weighted by Crippen LogP contribution is -2.52. The maximum Gasteiger partial charge on any atom is 0.0556 e. The zero-order valence-corrected chi connectivity index (χ0v) is 14.3. The summed E-state index contributed by atoms with van der Waals surface area (Å²) in [6.07, 6.45) is 12.5. The highest BCUT2D eigenvalue weighted by molar-refractivity contribution is 5.27. The Balaban J connectivity index is 1.96. The second-order valence-electron chi connectivity index (χ2n) is 8.67. The van der Waals surface area contributed by atoms with Gasteiger partial charge in [0.05, 0.1) is 6.61 Å². The van der Waals surface area contributed by atoms with Crippen LogP contribution in [0.2, 0.25) is 0 Å². The van der Waals surface area contributed by atoms with E-state index in [0.717, 1.165) is 19.3 Å². The van der Waals surface area contributed by atoms with Gasteiger partial charge in [-0.05, 0) is 61.2 Å². The zero-order valence-electron chi connectivity index (χ0n) is 14.3. The van der Waals surface area contributed by atoms with Crippen molar-refractivity contribution in [1.82, 2.24) is 0 Å². The van der Waals surface area contributed by atoms with Gasteiger partial charge in [0.1, 0.15) is 0 Å². The standard InChI is InChI=1S/C20H32O2/c1-4-20(14-22)11-8-16-15(12-20)6-7-17-18(2,13-21)9-5-10-19(16,17)3/h4,12,16-17,21-22H,1,5-11,13-14H2,2-3H3. The Morgan fingerprint density at radius 2 is 1.95 bits per heavy atom. The molecule has 0 spiro atoms. The number of rotatable bonds is 3. The van der Waals surface area contributed by atoms with E-state index in [0.29, 0.717) is 23.9 Å². The molecule has 0 aromatic rings. The summed E-state index contributed by atoms with van der Waals surface area (Å²) in [6, 6.07) is 0. The highest BCUT2D eigenvalue weighted by Gasteiger charge is 2.55. The molecular weight excluding hydrogens is 272 g/mol. The van der Waals surface area contributed by atoms with Crippen LogP contribution < -0.4 is 0 Å². The molecule has 2 fully saturated rings. The summed E-state index contributed by atoms with van der Waals surface area (Å²) in [5.41, 5.74) is 1.79. The van der Waals surface area contributed by atoms with E-state index in [1.807, 2.05) is 6.08 Å². The summed E-state index contributed by atoms with van der Waals surface area (Å²) in [7, 11) is 0. The van der Waals surface area contributed by atoms with E-state index in [4.69, 9.17) is 0 Å². The molecule has 0 bridgehead atoms. The van der Waals surface area contributed by atoms with Gasteiger partial charge in [-0.1, -0.05) is 38.0 Å². The van der Waals surface area contributed by atoms with Gasteiger partial charge in [0.2, 0.25) is 0 Å². The van der Waals surface area contributed by atoms with Crippen molar-refractivity contribution in [3.05, 3.63) is 24.3 Å². The molecule has 2 nitrogen and oxygen atoms in total. The maximum absolute atomic E-state index is 10.00. The summed E-state index contributed by atoms with van der Waals surface area (Å²) in [5.74, 6) is 1.27. The van der Waals surface area contributed by atoms with Gasteiger partial charge >= 0.3 is 0 Å². The van der Waals surface area contributed by atoms with E-state index in [-0.39, 0.29) is 17.4 Å². The van der Waals surface area contributed by atoms with Crippen molar-refractivity contribution in [1.29, 1.82) is 0 Å². The quantitative estimate of drug-likeness (QED) is 0.771. The second kappa shape index (κ2) is 5.49. The highest BCUT2D eigenvalue weighted by Crippen LogP contribution is 2.63. The molecule has 0 amide bonds. The lowest BCUT2D eigenvalue weighted by atomic mass is 9.45. The lowest BCUT2D eigenvalue weighted by molar-refractivity contribution is -0.0901. The van der Waals surface area contributed by atoms with Crippen LogP contribution in [0.5, 0.6) is 0 Å². The maximum atomic E-state index is 10.00. The van der Waals surface area contributed by atoms with Gasteiger partial charge in [-0.2, -0.15) is 0 Å². The van der Waals surface area contributed by atoms with Gasteiger partial charge < -0.3 is 10.2 Å². The van der Waals surface area contributed by atoms with Crippen LogP contribution in [0.25, 0.3) is 0 Å². The van der Waals surface area contributed by atoms with Gasteiger partial charge in [-0.15, -0.1) is 6.58 Å². The topological polar surface area (TPSA) is 40.5 Å². The molecule has 22 heavy (non-hydrogen) atoms. The van der Waals surface area contributed by atoms with Gasteiger partial charge in [0.25, 0.3) is 0 Å². The lowest BCUT2D eigenvalue weighted by Gasteiger charge is -2.60. The molecule has 3 rings (SSSR count). The van der Waals surface area contributed by atoms with Crippen LogP contribution in [0.3, 0.4) is 0 Å². The molecule has 2 saturated carbocycles. The summed E-state index contributed by atoms with van der Waals surface area (Å²) in [6.45, 7) is 9.24. The van der Waals surface area contributed by atoms with Crippen molar-refractivity contribution in [3.8, 4) is 0 Å².